The topological polar surface area (TPSA) is 37.3 Å². The molecular weight excluding hydrogens is 331 g/mol. The summed E-state index contributed by atoms with van der Waals surface area (Å²) in [5.74, 6) is -0.219. The van der Waals surface area contributed by atoms with E-state index in [-0.39, 0.29) is 17.1 Å². The Bertz CT molecular complexity index is 719. The van der Waals surface area contributed by atoms with Crippen molar-refractivity contribution in [3.63, 3.8) is 0 Å². The summed E-state index contributed by atoms with van der Waals surface area (Å²) in [4.78, 5) is 11.8. The van der Waals surface area contributed by atoms with Gasteiger partial charge in [0.2, 0.25) is 0 Å². The van der Waals surface area contributed by atoms with Gasteiger partial charge < -0.3 is 5.11 Å². The Hall–Kier alpha value is -2.03. The van der Waals surface area contributed by atoms with E-state index >= 15 is 0 Å². The first kappa shape index (κ1) is 17.3. The highest BCUT2D eigenvalue weighted by atomic mass is 35.5. The first-order valence-corrected chi connectivity index (χ1v) is 7.78. The van der Waals surface area contributed by atoms with Crippen LogP contribution in [0.1, 0.15) is 25.0 Å². The molecular formula is C19H16Cl2O2. The van der Waals surface area contributed by atoms with E-state index in [0.29, 0.717) is 10.0 Å². The van der Waals surface area contributed by atoms with E-state index in [0.717, 1.165) is 16.7 Å². The summed E-state index contributed by atoms with van der Waals surface area (Å²) in [6.45, 7) is 2.92. The van der Waals surface area contributed by atoms with Gasteiger partial charge in [0.05, 0.1) is 11.3 Å². The molecule has 0 aliphatic heterocycles. The van der Waals surface area contributed by atoms with Crippen LogP contribution in [0.5, 0.6) is 0 Å². The van der Waals surface area contributed by atoms with Crippen LogP contribution in [0.15, 0.2) is 65.9 Å². The lowest BCUT2D eigenvalue weighted by molar-refractivity contribution is -0.113. The number of benzene rings is 2. The van der Waals surface area contributed by atoms with Crippen LogP contribution >= 0.6 is 23.2 Å². The van der Waals surface area contributed by atoms with Gasteiger partial charge in [0.1, 0.15) is 0 Å². The first-order chi connectivity index (χ1) is 10.9. The molecule has 0 saturated carbocycles. The molecule has 0 aromatic heterocycles. The number of Topliss-reactive ketones (excluding diaryl/α,β-unsaturated/α-hetero) is 1. The monoisotopic (exact) mass is 346 g/mol. The minimum atomic E-state index is -0.203. The molecule has 4 heteroatoms. The van der Waals surface area contributed by atoms with Gasteiger partial charge in [-0.2, -0.15) is 0 Å². The molecule has 1 N–H and O–H groups in total. The zero-order valence-electron chi connectivity index (χ0n) is 12.8. The van der Waals surface area contributed by atoms with Crippen LogP contribution in [-0.4, -0.2) is 10.9 Å². The molecule has 2 aromatic carbocycles. The van der Waals surface area contributed by atoms with Gasteiger partial charge in [-0.1, -0.05) is 47.5 Å². The van der Waals surface area contributed by atoms with Crippen LogP contribution in [0.2, 0.25) is 10.0 Å². The molecule has 0 aliphatic rings. The van der Waals surface area contributed by atoms with Crippen molar-refractivity contribution in [2.75, 3.05) is 0 Å². The number of carbonyl (C=O) groups excluding carboxylic acids is 1. The normalized spacial score (nSPS) is 11.7. The third kappa shape index (κ3) is 4.47. The van der Waals surface area contributed by atoms with Crippen LogP contribution in [0, 0.1) is 0 Å². The Labute approximate surface area is 145 Å². The second-order valence-corrected chi connectivity index (χ2v) is 6.00. The van der Waals surface area contributed by atoms with Crippen LogP contribution in [0.25, 0.3) is 5.57 Å². The van der Waals surface area contributed by atoms with E-state index in [1.54, 1.807) is 30.3 Å². The minimum Gasteiger partial charge on any atom is -0.512 e. The van der Waals surface area contributed by atoms with E-state index in [1.165, 1.54) is 13.8 Å². The maximum atomic E-state index is 11.8. The van der Waals surface area contributed by atoms with Crippen molar-refractivity contribution in [2.45, 2.75) is 13.8 Å². The van der Waals surface area contributed by atoms with Crippen molar-refractivity contribution in [1.82, 2.24) is 0 Å². The fourth-order valence-electron chi connectivity index (χ4n) is 2.20. The van der Waals surface area contributed by atoms with Gasteiger partial charge in [-0.25, -0.2) is 0 Å². The molecule has 23 heavy (non-hydrogen) atoms. The summed E-state index contributed by atoms with van der Waals surface area (Å²) in [6.07, 6.45) is 1.68. The van der Waals surface area contributed by atoms with E-state index in [4.69, 9.17) is 23.2 Å². The first-order valence-electron chi connectivity index (χ1n) is 7.03. The number of aliphatic hydroxyl groups excluding tert-OH is 1. The predicted molar refractivity (Wildman–Crippen MR) is 96.0 cm³/mol. The molecule has 0 bridgehead atoms. The maximum absolute atomic E-state index is 11.8. The molecule has 2 nitrogen and oxygen atoms in total. The Morgan fingerprint density at radius 2 is 1.26 bits per heavy atom. The Morgan fingerprint density at radius 3 is 1.57 bits per heavy atom. The third-order valence-corrected chi connectivity index (χ3v) is 3.87. The van der Waals surface area contributed by atoms with Gasteiger partial charge in [0.15, 0.2) is 5.78 Å². The fraction of sp³-hybridized carbons (Fsp3) is 0.105. The van der Waals surface area contributed by atoms with E-state index < -0.39 is 0 Å². The molecule has 0 amide bonds. The number of hydrogen-bond donors (Lipinski definition) is 1. The summed E-state index contributed by atoms with van der Waals surface area (Å²) >= 11 is 11.9. The van der Waals surface area contributed by atoms with Crippen molar-refractivity contribution in [1.29, 1.82) is 0 Å². The second kappa shape index (κ2) is 7.49. The Kier molecular flexibility index (Phi) is 5.64. The second-order valence-electron chi connectivity index (χ2n) is 5.13. The molecule has 0 spiro atoms. The van der Waals surface area contributed by atoms with Crippen molar-refractivity contribution >= 4 is 34.6 Å². The molecule has 0 atom stereocenters. The highest BCUT2D eigenvalue weighted by Gasteiger charge is 2.11. The molecule has 0 aliphatic carbocycles. The number of rotatable bonds is 4. The Balaban J connectivity index is 2.64. The van der Waals surface area contributed by atoms with Gasteiger partial charge in [0, 0.05) is 10.0 Å². The quantitative estimate of drug-likeness (QED) is 0.428. The largest absolute Gasteiger partial charge is 0.512 e. The molecule has 0 radical (unpaired) electrons. The highest BCUT2D eigenvalue weighted by Crippen LogP contribution is 2.28. The predicted octanol–water partition coefficient (Wildman–Crippen LogP) is 5.85. The zero-order valence-corrected chi connectivity index (χ0v) is 14.3. The van der Waals surface area contributed by atoms with Crippen LogP contribution in [0.4, 0.5) is 0 Å². The van der Waals surface area contributed by atoms with Gasteiger partial charge >= 0.3 is 0 Å². The lowest BCUT2D eigenvalue weighted by atomic mass is 9.94. The summed E-state index contributed by atoms with van der Waals surface area (Å²) < 4.78 is 0. The molecule has 2 rings (SSSR count). The van der Waals surface area contributed by atoms with Crippen LogP contribution in [0.3, 0.4) is 0 Å². The fourth-order valence-corrected chi connectivity index (χ4v) is 2.45. The van der Waals surface area contributed by atoms with Crippen molar-refractivity contribution < 1.29 is 9.90 Å². The summed E-state index contributed by atoms with van der Waals surface area (Å²) in [5.41, 5.74) is 2.84. The van der Waals surface area contributed by atoms with Crippen molar-refractivity contribution in [3.8, 4) is 0 Å². The average molecular weight is 347 g/mol. The number of halogens is 2. The van der Waals surface area contributed by atoms with E-state index in [2.05, 4.69) is 0 Å². The smallest absolute Gasteiger partial charge is 0.163 e. The number of carbonyl (C=O) groups is 1. The van der Waals surface area contributed by atoms with Crippen LogP contribution < -0.4 is 0 Å². The maximum Gasteiger partial charge on any atom is 0.163 e. The minimum absolute atomic E-state index is 0.0158. The summed E-state index contributed by atoms with van der Waals surface area (Å²) in [7, 11) is 0. The highest BCUT2D eigenvalue weighted by molar-refractivity contribution is 6.31. The van der Waals surface area contributed by atoms with Crippen LogP contribution in [-0.2, 0) is 4.79 Å². The van der Waals surface area contributed by atoms with Gasteiger partial charge in [0.25, 0.3) is 0 Å². The third-order valence-electron chi connectivity index (χ3n) is 3.37. The number of allylic oxidation sites excluding steroid dienone is 3. The van der Waals surface area contributed by atoms with Gasteiger partial charge in [-0.05, 0) is 60.9 Å². The van der Waals surface area contributed by atoms with E-state index in [1.807, 2.05) is 24.3 Å². The average Bonchev–Trinajstić information content (AvgIpc) is 2.50. The molecule has 118 valence electrons. The van der Waals surface area contributed by atoms with E-state index in [9.17, 15) is 9.90 Å². The zero-order chi connectivity index (χ0) is 17.0. The Morgan fingerprint density at radius 1 is 0.870 bits per heavy atom. The number of ketones is 1. The summed E-state index contributed by atoms with van der Waals surface area (Å²) in [6, 6.07) is 14.6. The SMILES string of the molecule is CC(=O)/C(C=C(c1ccc(Cl)cc1)c1ccc(Cl)cc1)=C(/C)O. The van der Waals surface area contributed by atoms with Crippen molar-refractivity contribution in [3.05, 3.63) is 87.1 Å². The molecule has 0 saturated heterocycles. The molecule has 0 heterocycles. The molecule has 0 fully saturated rings. The lowest BCUT2D eigenvalue weighted by Crippen LogP contribution is -1.99. The number of aliphatic hydroxyl groups is 1. The van der Waals surface area contributed by atoms with Gasteiger partial charge in [-0.3, -0.25) is 4.79 Å². The van der Waals surface area contributed by atoms with Crippen molar-refractivity contribution in [2.24, 2.45) is 0 Å². The standard InChI is InChI=1S/C19H16Cl2O2/c1-12(22)18(13(2)23)11-19(14-3-7-16(20)8-4-14)15-5-9-17(21)10-6-15/h3-11,22H,1-2H3/b18-12-. The molecule has 2 aromatic rings. The number of hydrogen-bond acceptors (Lipinski definition) is 2. The summed E-state index contributed by atoms with van der Waals surface area (Å²) in [5, 5.41) is 11.0. The van der Waals surface area contributed by atoms with Gasteiger partial charge in [-0.15, -0.1) is 0 Å². The molecule has 0 unspecified atom stereocenters. The lowest BCUT2D eigenvalue weighted by Gasteiger charge is -2.11.